The molecule has 4 nitrogen and oxygen atoms in total. The first-order valence-corrected chi connectivity index (χ1v) is 4.57. The number of carboxylic acid groups (broad SMARTS) is 1. The van der Waals surface area contributed by atoms with E-state index in [2.05, 4.69) is 22.1 Å². The van der Waals surface area contributed by atoms with Gasteiger partial charge < -0.3 is 10.4 Å². The molecule has 0 aliphatic carbocycles. The average molecular weight is 204 g/mol. The first-order valence-electron chi connectivity index (χ1n) is 4.57. The fourth-order valence-corrected chi connectivity index (χ4v) is 0.935. The lowest BCUT2D eigenvalue weighted by atomic mass is 10.2. The highest BCUT2D eigenvalue weighted by Gasteiger charge is 2.00. The molecule has 0 aliphatic heterocycles. The Balaban J connectivity index is 2.63. The summed E-state index contributed by atoms with van der Waals surface area (Å²) < 4.78 is 0. The van der Waals surface area contributed by atoms with E-state index in [1.54, 1.807) is 6.07 Å². The van der Waals surface area contributed by atoms with Crippen LogP contribution in [0.25, 0.3) is 0 Å². The van der Waals surface area contributed by atoms with Gasteiger partial charge in [0, 0.05) is 19.2 Å². The Hall–Kier alpha value is -1.86. The summed E-state index contributed by atoms with van der Waals surface area (Å²) in [6, 6.07) is 3.10. The maximum absolute atomic E-state index is 10.5. The van der Waals surface area contributed by atoms with Gasteiger partial charge in [-0.2, -0.15) is 0 Å². The molecule has 0 spiro atoms. The van der Waals surface area contributed by atoms with E-state index in [1.807, 2.05) is 7.05 Å². The minimum absolute atomic E-state index is 0.177. The minimum atomic E-state index is -0.975. The van der Waals surface area contributed by atoms with Crippen molar-refractivity contribution in [3.8, 4) is 11.8 Å². The van der Waals surface area contributed by atoms with Crippen LogP contribution in [0.15, 0.2) is 18.3 Å². The summed E-state index contributed by atoms with van der Waals surface area (Å²) in [4.78, 5) is 14.4. The normalized spacial score (nSPS) is 9.13. The Bertz CT molecular complexity index is 387. The predicted octanol–water partition coefficient (Wildman–Crippen LogP) is 0.741. The summed E-state index contributed by atoms with van der Waals surface area (Å²) in [6.07, 6.45) is 2.06. The molecule has 15 heavy (non-hydrogen) atoms. The second-order valence-electron chi connectivity index (χ2n) is 2.89. The topological polar surface area (TPSA) is 62.2 Å². The van der Waals surface area contributed by atoms with Gasteiger partial charge in [0.2, 0.25) is 0 Å². The lowest BCUT2D eigenvalue weighted by Gasteiger charge is -1.93. The molecule has 0 amide bonds. The van der Waals surface area contributed by atoms with Gasteiger partial charge in [0.25, 0.3) is 0 Å². The van der Waals surface area contributed by atoms with Gasteiger partial charge in [0.15, 0.2) is 0 Å². The molecule has 0 aliphatic rings. The molecule has 0 unspecified atom stereocenters. The number of carbonyl (C=O) groups is 1. The Labute approximate surface area is 88.3 Å². The number of aromatic nitrogens is 1. The lowest BCUT2D eigenvalue weighted by Crippen LogP contribution is -2.05. The molecular weight excluding hydrogens is 192 g/mol. The van der Waals surface area contributed by atoms with Crippen molar-refractivity contribution < 1.29 is 9.90 Å². The van der Waals surface area contributed by atoms with Crippen molar-refractivity contribution in [3.63, 3.8) is 0 Å². The zero-order chi connectivity index (χ0) is 11.1. The van der Waals surface area contributed by atoms with Crippen LogP contribution < -0.4 is 5.32 Å². The third kappa shape index (κ3) is 3.79. The summed E-state index contributed by atoms with van der Waals surface area (Å²) in [5.41, 5.74) is 0.770. The third-order valence-corrected chi connectivity index (χ3v) is 1.73. The number of nitrogens with zero attached hydrogens (tertiary/aromatic N) is 1. The van der Waals surface area contributed by atoms with Crippen LogP contribution in [0.4, 0.5) is 0 Å². The number of hydrogen-bond acceptors (Lipinski definition) is 3. The van der Waals surface area contributed by atoms with Crippen molar-refractivity contribution in [3.05, 3.63) is 29.6 Å². The highest BCUT2D eigenvalue weighted by Crippen LogP contribution is 1.98. The van der Waals surface area contributed by atoms with E-state index in [0.717, 1.165) is 13.0 Å². The summed E-state index contributed by atoms with van der Waals surface area (Å²) in [5, 5.41) is 11.6. The van der Waals surface area contributed by atoms with E-state index in [9.17, 15) is 4.79 Å². The smallest absolute Gasteiger partial charge is 0.337 e. The molecular formula is C11H12N2O2. The molecule has 0 saturated heterocycles. The van der Waals surface area contributed by atoms with Gasteiger partial charge in [-0.3, -0.25) is 0 Å². The van der Waals surface area contributed by atoms with Gasteiger partial charge in [-0.05, 0) is 25.1 Å². The van der Waals surface area contributed by atoms with E-state index in [-0.39, 0.29) is 5.56 Å². The molecule has 0 fully saturated rings. The lowest BCUT2D eigenvalue weighted by molar-refractivity contribution is 0.0696. The number of hydrogen-bond donors (Lipinski definition) is 2. The van der Waals surface area contributed by atoms with E-state index in [1.165, 1.54) is 12.3 Å². The molecule has 0 saturated carbocycles. The summed E-state index contributed by atoms with van der Waals surface area (Å²) in [7, 11) is 1.86. The highest BCUT2D eigenvalue weighted by molar-refractivity contribution is 5.87. The third-order valence-electron chi connectivity index (χ3n) is 1.73. The maximum Gasteiger partial charge on any atom is 0.337 e. The number of rotatable bonds is 3. The summed E-state index contributed by atoms with van der Waals surface area (Å²) >= 11 is 0. The van der Waals surface area contributed by atoms with Crippen LogP contribution in [-0.4, -0.2) is 29.7 Å². The molecule has 1 aromatic rings. The standard InChI is InChI=1S/C11H12N2O2/c1-12-7-3-2-4-10-6-5-9(8-13-10)11(14)15/h5-6,8,12H,3,7H2,1H3,(H,14,15). The van der Waals surface area contributed by atoms with Crippen molar-refractivity contribution in [1.29, 1.82) is 0 Å². The van der Waals surface area contributed by atoms with Gasteiger partial charge in [-0.25, -0.2) is 9.78 Å². The average Bonchev–Trinajstić information content (AvgIpc) is 2.25. The number of nitrogens with one attached hydrogen (secondary N) is 1. The molecule has 0 atom stereocenters. The molecule has 78 valence electrons. The first-order chi connectivity index (χ1) is 7.24. The predicted molar refractivity (Wildman–Crippen MR) is 56.6 cm³/mol. The monoisotopic (exact) mass is 204 g/mol. The Morgan fingerprint density at radius 3 is 2.93 bits per heavy atom. The summed E-state index contributed by atoms with van der Waals surface area (Å²) in [5.74, 6) is 4.81. The van der Waals surface area contributed by atoms with E-state index in [4.69, 9.17) is 5.11 Å². The molecule has 4 heteroatoms. The Morgan fingerprint density at radius 2 is 2.40 bits per heavy atom. The van der Waals surface area contributed by atoms with Gasteiger partial charge in [-0.15, -0.1) is 0 Å². The quantitative estimate of drug-likeness (QED) is 0.563. The molecule has 1 heterocycles. The van der Waals surface area contributed by atoms with Crippen molar-refractivity contribution in [2.24, 2.45) is 0 Å². The molecule has 1 rings (SSSR count). The van der Waals surface area contributed by atoms with Crippen LogP contribution in [0.5, 0.6) is 0 Å². The number of aromatic carboxylic acids is 1. The van der Waals surface area contributed by atoms with Crippen LogP contribution in [0.2, 0.25) is 0 Å². The fraction of sp³-hybridized carbons (Fsp3) is 0.273. The van der Waals surface area contributed by atoms with E-state index in [0.29, 0.717) is 5.69 Å². The molecule has 2 N–H and O–H groups in total. The molecule has 0 bridgehead atoms. The van der Waals surface area contributed by atoms with Crippen LogP contribution in [0.1, 0.15) is 22.5 Å². The zero-order valence-corrected chi connectivity index (χ0v) is 8.45. The van der Waals surface area contributed by atoms with E-state index < -0.39 is 5.97 Å². The van der Waals surface area contributed by atoms with Gasteiger partial charge in [-0.1, -0.05) is 5.92 Å². The second-order valence-corrected chi connectivity index (χ2v) is 2.89. The van der Waals surface area contributed by atoms with Crippen LogP contribution in [0.3, 0.4) is 0 Å². The van der Waals surface area contributed by atoms with Crippen molar-refractivity contribution in [2.75, 3.05) is 13.6 Å². The van der Waals surface area contributed by atoms with Gasteiger partial charge >= 0.3 is 5.97 Å². The van der Waals surface area contributed by atoms with Gasteiger partial charge in [0.05, 0.1) is 5.56 Å². The molecule has 0 radical (unpaired) electrons. The first kappa shape index (κ1) is 11.2. The SMILES string of the molecule is CNCCC#Cc1ccc(C(=O)O)cn1. The van der Waals surface area contributed by atoms with Crippen LogP contribution in [-0.2, 0) is 0 Å². The van der Waals surface area contributed by atoms with Crippen molar-refractivity contribution in [2.45, 2.75) is 6.42 Å². The summed E-state index contributed by atoms with van der Waals surface area (Å²) in [6.45, 7) is 0.834. The van der Waals surface area contributed by atoms with Crippen LogP contribution in [0, 0.1) is 11.8 Å². The van der Waals surface area contributed by atoms with Crippen molar-refractivity contribution >= 4 is 5.97 Å². The Kier molecular flexibility index (Phi) is 4.32. The second kappa shape index (κ2) is 5.78. The van der Waals surface area contributed by atoms with Gasteiger partial charge in [0.1, 0.15) is 5.69 Å². The van der Waals surface area contributed by atoms with Crippen LogP contribution >= 0.6 is 0 Å². The number of carboxylic acids is 1. The fourth-order valence-electron chi connectivity index (χ4n) is 0.935. The van der Waals surface area contributed by atoms with E-state index >= 15 is 0 Å². The zero-order valence-electron chi connectivity index (χ0n) is 8.45. The maximum atomic E-state index is 10.5. The highest BCUT2D eigenvalue weighted by atomic mass is 16.4. The Morgan fingerprint density at radius 1 is 1.60 bits per heavy atom. The largest absolute Gasteiger partial charge is 0.478 e. The van der Waals surface area contributed by atoms with Crippen molar-refractivity contribution in [1.82, 2.24) is 10.3 Å². The molecule has 0 aromatic carbocycles. The minimum Gasteiger partial charge on any atom is -0.478 e. The molecule has 1 aromatic heterocycles. The number of pyridine rings is 1.